The predicted molar refractivity (Wildman–Crippen MR) is 101 cm³/mol. The number of halogens is 1. The van der Waals surface area contributed by atoms with Gasteiger partial charge in [0.2, 0.25) is 0 Å². The van der Waals surface area contributed by atoms with Gasteiger partial charge in [-0.15, -0.1) is 0 Å². The molecule has 28 heavy (non-hydrogen) atoms. The number of carbonyl (C=O) groups is 1. The fourth-order valence-electron chi connectivity index (χ4n) is 7.46. The lowest BCUT2D eigenvalue weighted by Crippen LogP contribution is -2.69. The van der Waals surface area contributed by atoms with Crippen LogP contribution in [0.15, 0.2) is 23.5 Å². The van der Waals surface area contributed by atoms with Gasteiger partial charge >= 0.3 is 0 Å². The largest absolute Gasteiger partial charge is 0.508 e. The molecule has 0 radical (unpaired) electrons. The van der Waals surface area contributed by atoms with Crippen molar-refractivity contribution in [3.63, 3.8) is 0 Å². The molecular weight excluding hydrogens is 363 g/mol. The Kier molecular flexibility index (Phi) is 4.22. The molecule has 0 aromatic rings. The van der Waals surface area contributed by atoms with Gasteiger partial charge in [0.1, 0.15) is 23.6 Å². The van der Waals surface area contributed by atoms with Crippen molar-refractivity contribution < 1.29 is 29.6 Å². The van der Waals surface area contributed by atoms with Crippen LogP contribution in [0.25, 0.3) is 0 Å². The molecule has 0 aliphatic heterocycles. The van der Waals surface area contributed by atoms with Crippen LogP contribution >= 0.6 is 0 Å². The SMILES string of the molecule is C[C@@H]1C[C@H]2[C@@H]3CCC4=CC(O)=CC[C@]4(C)[C@@]3(F)[C@@H](O)C[C@]2(C)[C@@]1(O)C(=O)CO. The Morgan fingerprint density at radius 2 is 2.00 bits per heavy atom. The highest BCUT2D eigenvalue weighted by molar-refractivity contribution is 5.90. The Morgan fingerprint density at radius 1 is 1.32 bits per heavy atom. The molecule has 4 rings (SSSR count). The third-order valence-electron chi connectivity index (χ3n) is 9.03. The summed E-state index contributed by atoms with van der Waals surface area (Å²) < 4.78 is 16.9. The van der Waals surface area contributed by atoms with E-state index >= 15 is 4.39 Å². The molecule has 4 aliphatic carbocycles. The van der Waals surface area contributed by atoms with Gasteiger partial charge in [0, 0.05) is 16.7 Å². The summed E-state index contributed by atoms with van der Waals surface area (Å²) >= 11 is 0. The summed E-state index contributed by atoms with van der Waals surface area (Å²) in [7, 11) is 0. The lowest BCUT2D eigenvalue weighted by atomic mass is 9.44. The molecule has 0 bridgehead atoms. The molecule has 4 aliphatic rings. The summed E-state index contributed by atoms with van der Waals surface area (Å²) in [5.74, 6) is -1.69. The molecule has 4 N–H and O–H groups in total. The molecule has 0 amide bonds. The van der Waals surface area contributed by atoms with Gasteiger partial charge in [-0.05, 0) is 56.1 Å². The van der Waals surface area contributed by atoms with E-state index in [0.29, 0.717) is 25.7 Å². The van der Waals surface area contributed by atoms with Crippen molar-refractivity contribution in [2.24, 2.45) is 28.6 Å². The zero-order valence-corrected chi connectivity index (χ0v) is 16.8. The third kappa shape index (κ3) is 2.04. The molecule has 8 atom stereocenters. The standard InChI is InChI=1S/C22H31FO5/c1-12-8-16-15-5-4-13-9-14(25)6-7-19(13,2)21(15,23)17(26)10-20(16,3)22(12,28)18(27)11-24/h6,9,12,15-17,24-26,28H,4-5,7-8,10-11H2,1-3H3/t12-,15+,16+,17+,19+,20+,21+,22+/m1/s1. The third-order valence-corrected chi connectivity index (χ3v) is 9.03. The normalized spacial score (nSPS) is 52.8. The molecular formula is C22H31FO5. The molecule has 0 spiro atoms. The van der Waals surface area contributed by atoms with Gasteiger partial charge in [0.15, 0.2) is 5.78 Å². The van der Waals surface area contributed by atoms with Crippen LogP contribution in [0, 0.1) is 28.6 Å². The smallest absolute Gasteiger partial charge is 0.190 e. The molecule has 0 aromatic carbocycles. The van der Waals surface area contributed by atoms with Gasteiger partial charge in [0.25, 0.3) is 0 Å². The van der Waals surface area contributed by atoms with Crippen molar-refractivity contribution in [3.8, 4) is 0 Å². The first-order valence-electron chi connectivity index (χ1n) is 10.3. The van der Waals surface area contributed by atoms with Crippen LogP contribution in [0.1, 0.15) is 52.9 Å². The van der Waals surface area contributed by atoms with Crippen LogP contribution in [0.2, 0.25) is 0 Å². The van der Waals surface area contributed by atoms with Gasteiger partial charge in [-0.2, -0.15) is 0 Å². The number of aliphatic hydroxyl groups is 4. The quantitative estimate of drug-likeness (QED) is 0.577. The number of fused-ring (bicyclic) bond motifs is 5. The van der Waals surface area contributed by atoms with Gasteiger partial charge in [-0.25, -0.2) is 4.39 Å². The van der Waals surface area contributed by atoms with Crippen molar-refractivity contribution in [1.29, 1.82) is 0 Å². The minimum absolute atomic E-state index is 0.0319. The van der Waals surface area contributed by atoms with Crippen LogP contribution in [0.3, 0.4) is 0 Å². The number of Topliss-reactive ketones (excluding diaryl/α,β-unsaturated/α-hetero) is 1. The first-order chi connectivity index (χ1) is 13.0. The minimum atomic E-state index is -1.90. The van der Waals surface area contributed by atoms with E-state index < -0.39 is 52.4 Å². The Bertz CT molecular complexity index is 777. The number of hydrogen-bond donors (Lipinski definition) is 4. The summed E-state index contributed by atoms with van der Waals surface area (Å²) in [5.41, 5.74) is -4.76. The maximum atomic E-state index is 16.9. The second-order valence-corrected chi connectivity index (χ2v) is 9.98. The van der Waals surface area contributed by atoms with Crippen LogP contribution in [0.4, 0.5) is 4.39 Å². The zero-order valence-electron chi connectivity index (χ0n) is 16.8. The van der Waals surface area contributed by atoms with E-state index in [1.807, 2.05) is 6.92 Å². The molecule has 0 saturated heterocycles. The molecule has 5 nitrogen and oxygen atoms in total. The zero-order chi connectivity index (χ0) is 20.7. The minimum Gasteiger partial charge on any atom is -0.508 e. The number of ketones is 1. The van der Waals surface area contributed by atoms with Crippen molar-refractivity contribution >= 4 is 5.78 Å². The highest BCUT2D eigenvalue weighted by Gasteiger charge is 2.75. The predicted octanol–water partition coefficient (Wildman–Crippen LogP) is 2.60. The Hall–Kier alpha value is -1.24. The topological polar surface area (TPSA) is 98.0 Å². The number of hydrogen-bond acceptors (Lipinski definition) is 5. The lowest BCUT2D eigenvalue weighted by molar-refractivity contribution is -0.226. The molecule has 0 aromatic heterocycles. The molecule has 3 saturated carbocycles. The van der Waals surface area contributed by atoms with Gasteiger partial charge in [-0.1, -0.05) is 26.3 Å². The number of aliphatic hydroxyl groups excluding tert-OH is 3. The number of rotatable bonds is 2. The van der Waals surface area contributed by atoms with Crippen LogP contribution < -0.4 is 0 Å². The summed E-state index contributed by atoms with van der Waals surface area (Å²) in [6, 6.07) is 0. The van der Waals surface area contributed by atoms with E-state index in [1.54, 1.807) is 26.0 Å². The molecule has 0 unspecified atom stereocenters. The molecule has 3 fully saturated rings. The Balaban J connectivity index is 1.82. The van der Waals surface area contributed by atoms with E-state index in [4.69, 9.17) is 0 Å². The van der Waals surface area contributed by atoms with Crippen LogP contribution in [0.5, 0.6) is 0 Å². The molecule has 156 valence electrons. The van der Waals surface area contributed by atoms with Crippen molar-refractivity contribution in [2.75, 3.05) is 6.61 Å². The van der Waals surface area contributed by atoms with Crippen molar-refractivity contribution in [2.45, 2.75) is 70.2 Å². The first kappa shape index (κ1) is 20.0. The maximum absolute atomic E-state index is 16.9. The van der Waals surface area contributed by atoms with Crippen molar-refractivity contribution in [3.05, 3.63) is 23.5 Å². The fraction of sp³-hybridized carbons (Fsp3) is 0.773. The summed E-state index contributed by atoms with van der Waals surface area (Å²) in [6.45, 7) is 4.61. The molecule has 6 heteroatoms. The second kappa shape index (κ2) is 5.89. The van der Waals surface area contributed by atoms with Gasteiger partial charge in [0.05, 0.1) is 6.10 Å². The summed E-state index contributed by atoms with van der Waals surface area (Å²) in [4.78, 5) is 12.6. The molecule has 0 heterocycles. The summed E-state index contributed by atoms with van der Waals surface area (Å²) in [5, 5.41) is 41.9. The van der Waals surface area contributed by atoms with E-state index in [-0.39, 0.29) is 18.1 Å². The van der Waals surface area contributed by atoms with Gasteiger partial charge in [-0.3, -0.25) is 4.79 Å². The van der Waals surface area contributed by atoms with E-state index in [0.717, 1.165) is 5.57 Å². The summed E-state index contributed by atoms with van der Waals surface area (Å²) in [6.07, 6.45) is 3.77. The number of allylic oxidation sites excluding steroid dienone is 3. The average molecular weight is 394 g/mol. The first-order valence-corrected chi connectivity index (χ1v) is 10.3. The van der Waals surface area contributed by atoms with Crippen LogP contribution in [-0.4, -0.2) is 50.2 Å². The maximum Gasteiger partial charge on any atom is 0.190 e. The number of carbonyl (C=O) groups excluding carboxylic acids is 1. The van der Waals surface area contributed by atoms with Crippen molar-refractivity contribution in [1.82, 2.24) is 0 Å². The van der Waals surface area contributed by atoms with Gasteiger partial charge < -0.3 is 20.4 Å². The average Bonchev–Trinajstić information content (AvgIpc) is 2.84. The Labute approximate surface area is 165 Å². The Morgan fingerprint density at radius 3 is 2.64 bits per heavy atom. The highest BCUT2D eigenvalue weighted by atomic mass is 19.1. The number of alkyl halides is 1. The van der Waals surface area contributed by atoms with E-state index in [1.165, 1.54) is 0 Å². The van der Waals surface area contributed by atoms with E-state index in [2.05, 4.69) is 0 Å². The lowest BCUT2D eigenvalue weighted by Gasteiger charge is -2.63. The van der Waals surface area contributed by atoms with E-state index in [9.17, 15) is 25.2 Å². The second-order valence-electron chi connectivity index (χ2n) is 9.98. The fourth-order valence-corrected chi connectivity index (χ4v) is 7.46. The van der Waals surface area contributed by atoms with Crippen LogP contribution in [-0.2, 0) is 4.79 Å². The highest BCUT2D eigenvalue weighted by Crippen LogP contribution is 2.71. The monoisotopic (exact) mass is 394 g/mol.